The van der Waals surface area contributed by atoms with Gasteiger partial charge in [-0.25, -0.2) is 33.7 Å². The summed E-state index contributed by atoms with van der Waals surface area (Å²) in [6, 6.07) is 11.7. The molecule has 0 aliphatic carbocycles. The second-order valence-corrected chi connectivity index (χ2v) is 23.2. The molecule has 2 aliphatic rings. The third-order valence-electron chi connectivity index (χ3n) is 11.7. The molecule has 2 heterocycles. The van der Waals surface area contributed by atoms with E-state index in [-0.39, 0.29) is 127 Å². The molecule has 67 heavy (non-hydrogen) atoms. The standard InChI is InChI=1S/C44H64N4O12S4.3Na/c1-8-45(24-12-28-61(49,50)51)35-20-22-39-37(32-35)43(4,5)41(47(39)26-14-30-63(55,56)57)18-10-16-34(3)17-11-19-42-44(6,7)38-33-36(46(9-2)25-13-29-62(52,53)54)21-23-40(38)48(42)27-15-31-64(58,59)60;;;/h10-11,16-23,32-33H,8-9,12-15,24-31H2,1-7H3,(H3-,49,50,51,52,53,54,55,56,57,58,59,60);;;/q;3*+1/p-3. The second-order valence-electron chi connectivity index (χ2n) is 17.1. The Morgan fingerprint density at radius 2 is 1.13 bits per heavy atom. The second kappa shape index (κ2) is 26.7. The van der Waals surface area contributed by atoms with Crippen LogP contribution < -0.4 is 103 Å². The van der Waals surface area contributed by atoms with Gasteiger partial charge < -0.3 is 32.9 Å². The fraction of sp³-hybridized carbons (Fsp3) is 0.523. The summed E-state index contributed by atoms with van der Waals surface area (Å²) in [5.74, 6) is -1.97. The quantitative estimate of drug-likeness (QED) is 0.0424. The van der Waals surface area contributed by atoms with Crippen molar-refractivity contribution in [2.45, 2.75) is 85.0 Å². The molecule has 0 unspecified atom stereocenters. The summed E-state index contributed by atoms with van der Waals surface area (Å²) in [5, 5.41) is 0. The third-order valence-corrected chi connectivity index (χ3v) is 14.8. The van der Waals surface area contributed by atoms with Gasteiger partial charge in [0.1, 0.15) is 6.54 Å². The Balaban J connectivity index is 0.00000748. The van der Waals surface area contributed by atoms with Crippen LogP contribution in [0.15, 0.2) is 84.1 Å². The minimum atomic E-state index is -4.44. The van der Waals surface area contributed by atoms with Crippen LogP contribution in [0.2, 0.25) is 0 Å². The van der Waals surface area contributed by atoms with Gasteiger partial charge in [-0.2, -0.15) is 4.58 Å². The predicted molar refractivity (Wildman–Crippen MR) is 249 cm³/mol. The normalized spacial score (nSPS) is 16.5. The van der Waals surface area contributed by atoms with Crippen molar-refractivity contribution in [3.8, 4) is 0 Å². The Morgan fingerprint density at radius 3 is 1.64 bits per heavy atom. The van der Waals surface area contributed by atoms with Gasteiger partial charge in [-0.1, -0.05) is 43.7 Å². The largest absolute Gasteiger partial charge is 1.00 e. The Labute approximate surface area is 466 Å². The van der Waals surface area contributed by atoms with E-state index in [1.54, 1.807) is 0 Å². The van der Waals surface area contributed by atoms with Gasteiger partial charge in [0.15, 0.2) is 5.71 Å². The van der Waals surface area contributed by atoms with Gasteiger partial charge in [-0.3, -0.25) is 0 Å². The van der Waals surface area contributed by atoms with Gasteiger partial charge >= 0.3 is 88.7 Å². The molecule has 4 rings (SSSR count). The summed E-state index contributed by atoms with van der Waals surface area (Å²) in [5.41, 5.74) is 6.79. The molecule has 2 aliphatic heterocycles. The monoisotopic (exact) mass is 1030 g/mol. The van der Waals surface area contributed by atoms with Crippen LogP contribution in [0.4, 0.5) is 22.7 Å². The number of hydrogen-bond donors (Lipinski definition) is 0. The molecular formula is C44H61N4Na3O12S4. The minimum absolute atomic E-state index is 0. The van der Waals surface area contributed by atoms with Gasteiger partial charge in [0, 0.05) is 108 Å². The van der Waals surface area contributed by atoms with Crippen molar-refractivity contribution < 1.29 is 145 Å². The van der Waals surface area contributed by atoms with E-state index in [1.165, 1.54) is 0 Å². The zero-order chi connectivity index (χ0) is 47.9. The van der Waals surface area contributed by atoms with Crippen molar-refractivity contribution in [3.05, 3.63) is 95.3 Å². The summed E-state index contributed by atoms with van der Waals surface area (Å²) in [4.78, 5) is 6.00. The van der Waals surface area contributed by atoms with Crippen molar-refractivity contribution in [1.29, 1.82) is 0 Å². The summed E-state index contributed by atoms with van der Waals surface area (Å²) in [6.07, 6.45) is 12.1. The van der Waals surface area contributed by atoms with Crippen LogP contribution in [0.1, 0.15) is 85.3 Å². The van der Waals surface area contributed by atoms with Crippen molar-refractivity contribution in [1.82, 2.24) is 0 Å². The first kappa shape index (κ1) is 64.1. The smallest absolute Gasteiger partial charge is 0.748 e. The molecule has 356 valence electrons. The Bertz CT molecular complexity index is 2650. The summed E-state index contributed by atoms with van der Waals surface area (Å²) in [6.45, 7) is 16.4. The molecule has 23 heteroatoms. The Morgan fingerprint density at radius 1 is 0.657 bits per heavy atom. The molecule has 0 radical (unpaired) electrons. The van der Waals surface area contributed by atoms with Gasteiger partial charge in [0.2, 0.25) is 5.69 Å². The molecule has 0 fully saturated rings. The van der Waals surface area contributed by atoms with Gasteiger partial charge in [-0.15, -0.1) is 0 Å². The average molecular weight is 1040 g/mol. The molecule has 0 aromatic heterocycles. The fourth-order valence-electron chi connectivity index (χ4n) is 8.44. The van der Waals surface area contributed by atoms with Crippen LogP contribution in [0.3, 0.4) is 0 Å². The van der Waals surface area contributed by atoms with E-state index in [0.717, 1.165) is 50.9 Å². The maximum absolute atomic E-state index is 11.5. The van der Waals surface area contributed by atoms with Crippen LogP contribution in [-0.2, 0) is 51.3 Å². The molecular weight excluding hydrogens is 974 g/mol. The topological polar surface area (TPSA) is 242 Å². The molecule has 16 nitrogen and oxygen atoms in total. The van der Waals surface area contributed by atoms with E-state index >= 15 is 0 Å². The first-order valence-electron chi connectivity index (χ1n) is 21.3. The van der Waals surface area contributed by atoms with Gasteiger partial charge in [0.05, 0.1) is 45.9 Å². The Kier molecular flexibility index (Phi) is 25.6. The molecule has 0 saturated heterocycles. The van der Waals surface area contributed by atoms with Crippen molar-refractivity contribution >= 4 is 68.9 Å². The third kappa shape index (κ3) is 18.9. The minimum Gasteiger partial charge on any atom is -0.748 e. The number of hydrogen-bond acceptors (Lipinski definition) is 15. The van der Waals surface area contributed by atoms with Gasteiger partial charge in [0.25, 0.3) is 0 Å². The van der Waals surface area contributed by atoms with E-state index in [4.69, 9.17) is 0 Å². The van der Waals surface area contributed by atoms with Crippen molar-refractivity contribution in [2.24, 2.45) is 0 Å². The summed E-state index contributed by atoms with van der Waals surface area (Å²) in [7, 11) is -17.6. The van der Waals surface area contributed by atoms with E-state index in [2.05, 4.69) is 0 Å². The molecule has 0 bridgehead atoms. The van der Waals surface area contributed by atoms with Gasteiger partial charge in [-0.05, 0) is 95.9 Å². The summed E-state index contributed by atoms with van der Waals surface area (Å²) < 4.78 is 139. The molecule has 2 aromatic carbocycles. The predicted octanol–water partition coefficient (Wildman–Crippen LogP) is -3.79. The molecule has 0 saturated carbocycles. The molecule has 0 atom stereocenters. The first-order valence-corrected chi connectivity index (χ1v) is 27.6. The molecule has 0 amide bonds. The number of rotatable bonds is 24. The molecule has 2 aromatic rings. The number of fused-ring (bicyclic) bond motifs is 2. The molecule has 0 spiro atoms. The van der Waals surface area contributed by atoms with Crippen LogP contribution >= 0.6 is 0 Å². The number of benzene rings is 2. The zero-order valence-corrected chi connectivity index (χ0v) is 49.9. The van der Waals surface area contributed by atoms with Crippen LogP contribution in [0.5, 0.6) is 0 Å². The van der Waals surface area contributed by atoms with Crippen molar-refractivity contribution in [3.63, 3.8) is 0 Å². The maximum Gasteiger partial charge on any atom is 1.00 e. The molecule has 0 N–H and O–H groups in total. The maximum atomic E-state index is 11.5. The van der Waals surface area contributed by atoms with Crippen molar-refractivity contribution in [2.75, 3.05) is 77.0 Å². The SMILES string of the molecule is CCN(CCCS(=O)(=O)[O-])c1ccc2c(c1)C(C)(C)C(/C=C/C=C(C)/C=C/C=C1/N(CCCS(=O)(=O)[O-])c3ccc(N(CC)CCCS(=O)(=O)[O-])cc3C1(C)C)=[N+]2CCCS(=O)(=O)[O-].[Na+].[Na+].[Na+]. The summed E-state index contributed by atoms with van der Waals surface area (Å²) >= 11 is 0. The van der Waals surface area contributed by atoms with E-state index in [9.17, 15) is 51.9 Å². The number of anilines is 3. The van der Waals surface area contributed by atoms with E-state index in [0.29, 0.717) is 26.2 Å². The van der Waals surface area contributed by atoms with Crippen LogP contribution in [-0.4, -0.2) is 124 Å². The van der Waals surface area contributed by atoms with Crippen LogP contribution in [0.25, 0.3) is 0 Å². The van der Waals surface area contributed by atoms with E-state index in [1.807, 2.05) is 141 Å². The Hall–Kier alpha value is -0.890. The van der Waals surface area contributed by atoms with E-state index < -0.39 is 74.3 Å². The number of nitrogens with zero attached hydrogens (tertiary/aromatic N) is 4. The van der Waals surface area contributed by atoms with Crippen LogP contribution in [0, 0.1) is 0 Å². The first-order chi connectivity index (χ1) is 29.6. The fourth-order valence-corrected chi connectivity index (χ4v) is 10.4. The zero-order valence-electron chi connectivity index (χ0n) is 40.6. The average Bonchev–Trinajstić information content (AvgIpc) is 3.51. The number of allylic oxidation sites excluding steroid dienone is 8.